The van der Waals surface area contributed by atoms with Crippen LogP contribution in [0.1, 0.15) is 26.2 Å². The van der Waals surface area contributed by atoms with Gasteiger partial charge in [-0.2, -0.15) is 5.10 Å². The van der Waals surface area contributed by atoms with Crippen LogP contribution in [0.25, 0.3) is 56.1 Å². The molecule has 6 heterocycles. The monoisotopic (exact) mass is 489 g/mol. The van der Waals surface area contributed by atoms with Crippen molar-refractivity contribution in [2.75, 3.05) is 5.32 Å². The van der Waals surface area contributed by atoms with Gasteiger partial charge in [-0.15, -0.1) is 0 Å². The van der Waals surface area contributed by atoms with Crippen LogP contribution in [0.4, 0.5) is 5.69 Å². The Kier molecular flexibility index (Phi) is 5.81. The Balaban J connectivity index is 1.37. The minimum atomic E-state index is -0.0176. The van der Waals surface area contributed by atoms with Crippen LogP contribution in [0.2, 0.25) is 0 Å². The number of aromatic nitrogens is 8. The molecule has 0 saturated heterocycles. The molecular formula is C27H23N9O. The van der Waals surface area contributed by atoms with E-state index >= 15 is 0 Å². The average Bonchev–Trinajstić information content (AvgIpc) is 3.56. The van der Waals surface area contributed by atoms with Crippen LogP contribution in [0.3, 0.4) is 0 Å². The molecule has 0 fully saturated rings. The number of amides is 1. The Morgan fingerprint density at radius 2 is 1.92 bits per heavy atom. The summed E-state index contributed by atoms with van der Waals surface area (Å²) in [5, 5.41) is 11.2. The SMILES string of the molecule is CCCCC(=O)Nc1cncc(-c2cnc3n[nH]c(-c4nc5c(-c6ccccn6)nccc5[nH]4)c3c2)c1. The molecule has 182 valence electrons. The highest BCUT2D eigenvalue weighted by Crippen LogP contribution is 2.31. The second-order valence-electron chi connectivity index (χ2n) is 8.66. The van der Waals surface area contributed by atoms with Crippen molar-refractivity contribution in [3.05, 3.63) is 67.4 Å². The molecule has 0 atom stereocenters. The normalized spacial score (nSPS) is 11.3. The van der Waals surface area contributed by atoms with Gasteiger partial charge in [0.25, 0.3) is 0 Å². The summed E-state index contributed by atoms with van der Waals surface area (Å²) in [6.45, 7) is 2.06. The molecule has 0 aliphatic rings. The number of carbonyl (C=O) groups excluding carboxylic acids is 1. The number of H-pyrrole nitrogens is 2. The molecule has 0 aliphatic carbocycles. The lowest BCUT2D eigenvalue weighted by Crippen LogP contribution is -2.11. The van der Waals surface area contributed by atoms with Gasteiger partial charge in [-0.05, 0) is 36.8 Å². The second kappa shape index (κ2) is 9.57. The number of hydrogen-bond acceptors (Lipinski definition) is 7. The molecule has 0 aromatic carbocycles. The first-order chi connectivity index (χ1) is 18.2. The first-order valence-corrected chi connectivity index (χ1v) is 12.1. The average molecular weight is 490 g/mol. The molecule has 10 heteroatoms. The minimum Gasteiger partial charge on any atom is -0.337 e. The number of unbranched alkanes of at least 4 members (excludes halogenated alkanes) is 1. The third-order valence-electron chi connectivity index (χ3n) is 6.07. The smallest absolute Gasteiger partial charge is 0.224 e. The van der Waals surface area contributed by atoms with Gasteiger partial charge in [-0.25, -0.2) is 9.97 Å². The molecular weight excluding hydrogens is 466 g/mol. The highest BCUT2D eigenvalue weighted by Gasteiger charge is 2.17. The van der Waals surface area contributed by atoms with Crippen molar-refractivity contribution < 1.29 is 4.79 Å². The summed E-state index contributed by atoms with van der Waals surface area (Å²) >= 11 is 0. The lowest BCUT2D eigenvalue weighted by molar-refractivity contribution is -0.116. The standard InChI is InChI=1S/C27H23N9O/c1-2-3-7-22(37)32-18-11-16(13-28-15-18)17-12-19-23(35-36-26(19)31-14-17)27-33-21-8-10-30-24(25(21)34-27)20-6-4-5-9-29-20/h4-6,8-15H,2-3,7H2,1H3,(H,32,37)(H,33,34)(H,31,35,36). The summed E-state index contributed by atoms with van der Waals surface area (Å²) in [4.78, 5) is 38.2. The van der Waals surface area contributed by atoms with Crippen LogP contribution in [0.15, 0.2) is 67.4 Å². The first-order valence-electron chi connectivity index (χ1n) is 12.1. The van der Waals surface area contributed by atoms with E-state index in [0.717, 1.165) is 46.1 Å². The van der Waals surface area contributed by atoms with Crippen molar-refractivity contribution in [2.45, 2.75) is 26.2 Å². The van der Waals surface area contributed by atoms with E-state index in [1.807, 2.05) is 36.4 Å². The van der Waals surface area contributed by atoms with Gasteiger partial charge in [0, 0.05) is 42.3 Å². The van der Waals surface area contributed by atoms with Crippen molar-refractivity contribution in [3.8, 4) is 34.0 Å². The van der Waals surface area contributed by atoms with Crippen LogP contribution in [0, 0.1) is 0 Å². The molecule has 0 aliphatic heterocycles. The molecule has 6 rings (SSSR count). The number of nitrogens with one attached hydrogen (secondary N) is 3. The van der Waals surface area contributed by atoms with E-state index in [1.54, 1.807) is 31.0 Å². The summed E-state index contributed by atoms with van der Waals surface area (Å²) in [5.41, 5.74) is 6.62. The Hall–Kier alpha value is -4.99. The largest absolute Gasteiger partial charge is 0.337 e. The number of hydrogen-bond donors (Lipinski definition) is 3. The lowest BCUT2D eigenvalue weighted by atomic mass is 10.1. The molecule has 0 spiro atoms. The summed E-state index contributed by atoms with van der Waals surface area (Å²) in [6.07, 6.45) is 10.9. The quantitative estimate of drug-likeness (QED) is 0.282. The topological polar surface area (TPSA) is 138 Å². The number of carbonyl (C=O) groups is 1. The second-order valence-corrected chi connectivity index (χ2v) is 8.66. The summed E-state index contributed by atoms with van der Waals surface area (Å²) in [7, 11) is 0. The molecule has 0 radical (unpaired) electrons. The number of nitrogens with zero attached hydrogens (tertiary/aromatic N) is 6. The van der Waals surface area contributed by atoms with Gasteiger partial charge in [-0.1, -0.05) is 19.4 Å². The lowest BCUT2D eigenvalue weighted by Gasteiger charge is -2.07. The number of pyridine rings is 4. The van der Waals surface area contributed by atoms with Gasteiger partial charge in [0.1, 0.15) is 16.9 Å². The molecule has 10 nitrogen and oxygen atoms in total. The zero-order valence-electron chi connectivity index (χ0n) is 20.1. The van der Waals surface area contributed by atoms with Crippen LogP contribution >= 0.6 is 0 Å². The number of anilines is 1. The van der Waals surface area contributed by atoms with Crippen LogP contribution in [-0.2, 0) is 4.79 Å². The van der Waals surface area contributed by atoms with Crippen LogP contribution in [0.5, 0.6) is 0 Å². The third-order valence-corrected chi connectivity index (χ3v) is 6.07. The van der Waals surface area contributed by atoms with Gasteiger partial charge in [-0.3, -0.25) is 24.8 Å². The van der Waals surface area contributed by atoms with E-state index in [-0.39, 0.29) is 5.91 Å². The van der Waals surface area contributed by atoms with E-state index in [1.165, 1.54) is 0 Å². The van der Waals surface area contributed by atoms with E-state index in [2.05, 4.69) is 47.4 Å². The van der Waals surface area contributed by atoms with Crippen molar-refractivity contribution in [2.24, 2.45) is 0 Å². The van der Waals surface area contributed by atoms with E-state index < -0.39 is 0 Å². The Morgan fingerprint density at radius 3 is 2.78 bits per heavy atom. The fourth-order valence-electron chi connectivity index (χ4n) is 4.21. The predicted octanol–water partition coefficient (Wildman–Crippen LogP) is 5.15. The first kappa shape index (κ1) is 22.5. The fourth-order valence-corrected chi connectivity index (χ4v) is 4.21. The fraction of sp³-hybridized carbons (Fsp3) is 0.148. The molecule has 37 heavy (non-hydrogen) atoms. The number of aromatic amines is 2. The van der Waals surface area contributed by atoms with Gasteiger partial charge in [0.2, 0.25) is 5.91 Å². The molecule has 0 saturated carbocycles. The van der Waals surface area contributed by atoms with Crippen molar-refractivity contribution in [1.82, 2.24) is 40.1 Å². The Bertz CT molecular complexity index is 1720. The van der Waals surface area contributed by atoms with E-state index in [9.17, 15) is 4.79 Å². The zero-order chi connectivity index (χ0) is 25.2. The maximum atomic E-state index is 12.2. The molecule has 0 unspecified atom stereocenters. The Morgan fingerprint density at radius 1 is 1.00 bits per heavy atom. The molecule has 3 N–H and O–H groups in total. The number of rotatable bonds is 7. The predicted molar refractivity (Wildman–Crippen MR) is 141 cm³/mol. The minimum absolute atomic E-state index is 0.0176. The Labute approximate surface area is 211 Å². The number of fused-ring (bicyclic) bond motifs is 2. The van der Waals surface area contributed by atoms with Crippen molar-refractivity contribution >= 4 is 33.7 Å². The van der Waals surface area contributed by atoms with Gasteiger partial charge >= 0.3 is 0 Å². The van der Waals surface area contributed by atoms with Gasteiger partial charge < -0.3 is 10.3 Å². The highest BCUT2D eigenvalue weighted by molar-refractivity contribution is 5.96. The van der Waals surface area contributed by atoms with Crippen LogP contribution in [-0.4, -0.2) is 46.0 Å². The van der Waals surface area contributed by atoms with Crippen molar-refractivity contribution in [3.63, 3.8) is 0 Å². The number of imidazole rings is 1. The summed E-state index contributed by atoms with van der Waals surface area (Å²) < 4.78 is 0. The molecule has 6 aromatic rings. The van der Waals surface area contributed by atoms with Crippen molar-refractivity contribution in [1.29, 1.82) is 0 Å². The van der Waals surface area contributed by atoms with E-state index in [4.69, 9.17) is 4.98 Å². The third kappa shape index (κ3) is 4.40. The summed E-state index contributed by atoms with van der Waals surface area (Å²) in [5.74, 6) is 0.604. The zero-order valence-corrected chi connectivity index (χ0v) is 20.1. The summed E-state index contributed by atoms with van der Waals surface area (Å²) in [6, 6.07) is 11.5. The van der Waals surface area contributed by atoms with Crippen LogP contribution < -0.4 is 5.32 Å². The van der Waals surface area contributed by atoms with Gasteiger partial charge in [0.15, 0.2) is 11.5 Å². The maximum Gasteiger partial charge on any atom is 0.224 e. The molecule has 1 amide bonds. The van der Waals surface area contributed by atoms with E-state index in [0.29, 0.717) is 35.0 Å². The maximum absolute atomic E-state index is 12.2. The molecule has 0 bridgehead atoms. The molecule has 6 aromatic heterocycles. The van der Waals surface area contributed by atoms with Gasteiger partial charge in [0.05, 0.1) is 28.5 Å². The highest BCUT2D eigenvalue weighted by atomic mass is 16.1.